The molecule has 0 bridgehead atoms. The van der Waals surface area contributed by atoms with E-state index < -0.39 is 11.6 Å². The van der Waals surface area contributed by atoms with Crippen LogP contribution in [-0.2, 0) is 0 Å². The molecule has 0 aliphatic heterocycles. The highest BCUT2D eigenvalue weighted by molar-refractivity contribution is 6.34. The van der Waals surface area contributed by atoms with Gasteiger partial charge in [0.15, 0.2) is 0 Å². The van der Waals surface area contributed by atoms with E-state index >= 15 is 0 Å². The lowest BCUT2D eigenvalue weighted by atomic mass is 10.1. The number of hydrogen-bond acceptors (Lipinski definition) is 3. The number of nitrogen functional groups attached to an aromatic ring is 1. The Morgan fingerprint density at radius 1 is 1.14 bits per heavy atom. The van der Waals surface area contributed by atoms with E-state index in [2.05, 4.69) is 4.98 Å². The molecule has 104 valence electrons. The van der Waals surface area contributed by atoms with E-state index in [9.17, 15) is 9.18 Å². The zero-order valence-electron chi connectivity index (χ0n) is 10.8. The van der Waals surface area contributed by atoms with Gasteiger partial charge >= 0.3 is 0 Å². The lowest BCUT2D eigenvalue weighted by Crippen LogP contribution is -2.07. The molecule has 0 atom stereocenters. The van der Waals surface area contributed by atoms with Crippen molar-refractivity contribution in [2.24, 2.45) is 0 Å². The molecule has 3 aromatic rings. The quantitative estimate of drug-likeness (QED) is 0.732. The molecule has 2 N–H and O–H groups in total. The zero-order valence-corrected chi connectivity index (χ0v) is 11.6. The Balaban J connectivity index is 2.16. The predicted octanol–water partition coefficient (Wildman–Crippen LogP) is 3.84. The van der Waals surface area contributed by atoms with Crippen LogP contribution in [0.2, 0.25) is 5.02 Å². The van der Waals surface area contributed by atoms with Crippen molar-refractivity contribution in [1.29, 1.82) is 0 Å². The summed E-state index contributed by atoms with van der Waals surface area (Å²) in [5, 5.41) is 0.939. The van der Waals surface area contributed by atoms with Crippen LogP contribution in [0.4, 0.5) is 10.1 Å². The summed E-state index contributed by atoms with van der Waals surface area (Å²) in [6.07, 6.45) is 0. The smallest absolute Gasteiger partial charge is 0.213 e. The number of hydrogen-bond donors (Lipinski definition) is 1. The van der Waals surface area contributed by atoms with Gasteiger partial charge in [0.05, 0.1) is 10.5 Å². The maximum Gasteiger partial charge on any atom is 0.213 e. The Hall–Kier alpha value is -2.46. The number of aromatic nitrogens is 1. The van der Waals surface area contributed by atoms with Crippen LogP contribution >= 0.6 is 11.6 Å². The minimum atomic E-state index is -0.531. The molecule has 0 saturated carbocycles. The summed E-state index contributed by atoms with van der Waals surface area (Å²) in [6.45, 7) is 0. The number of carbonyl (C=O) groups is 1. The van der Waals surface area contributed by atoms with Crippen molar-refractivity contribution < 1.29 is 9.18 Å². The highest BCUT2D eigenvalue weighted by atomic mass is 35.5. The zero-order chi connectivity index (χ0) is 15.0. The first-order chi connectivity index (χ1) is 10.1. The van der Waals surface area contributed by atoms with Gasteiger partial charge in [0.25, 0.3) is 0 Å². The van der Waals surface area contributed by atoms with Crippen LogP contribution in [0.1, 0.15) is 16.1 Å². The molecule has 1 aromatic heterocycles. The molecule has 0 unspecified atom stereocenters. The van der Waals surface area contributed by atoms with Crippen molar-refractivity contribution in [3.63, 3.8) is 0 Å². The molecule has 0 fully saturated rings. The van der Waals surface area contributed by atoms with Gasteiger partial charge in [-0.1, -0.05) is 29.8 Å². The highest BCUT2D eigenvalue weighted by Crippen LogP contribution is 2.24. The maximum absolute atomic E-state index is 13.3. The molecule has 2 aromatic carbocycles. The number of fused-ring (bicyclic) bond motifs is 1. The van der Waals surface area contributed by atoms with Crippen LogP contribution in [0.5, 0.6) is 0 Å². The number of nitrogens with zero attached hydrogens (tertiary/aromatic N) is 1. The molecule has 0 saturated heterocycles. The van der Waals surface area contributed by atoms with Crippen molar-refractivity contribution in [3.05, 3.63) is 70.6 Å². The number of rotatable bonds is 2. The average Bonchev–Trinajstić information content (AvgIpc) is 2.49. The number of pyridine rings is 1. The molecule has 21 heavy (non-hydrogen) atoms. The molecule has 5 heteroatoms. The third-order valence-corrected chi connectivity index (χ3v) is 3.48. The predicted molar refractivity (Wildman–Crippen MR) is 81.0 cm³/mol. The molecule has 0 amide bonds. The lowest BCUT2D eigenvalue weighted by molar-refractivity contribution is 0.103. The summed E-state index contributed by atoms with van der Waals surface area (Å²) >= 11 is 5.95. The van der Waals surface area contributed by atoms with Gasteiger partial charge in [-0.05, 0) is 30.3 Å². The number of para-hydroxylation sites is 1. The second-order valence-corrected chi connectivity index (χ2v) is 4.97. The molecule has 1 heterocycles. The SMILES string of the molecule is Nc1cc(C(=O)c2cc(F)ccc2Cl)nc2ccccc12. The number of anilines is 1. The van der Waals surface area contributed by atoms with Gasteiger partial charge in [-0.25, -0.2) is 9.37 Å². The summed E-state index contributed by atoms with van der Waals surface area (Å²) in [7, 11) is 0. The first-order valence-corrected chi connectivity index (χ1v) is 6.59. The van der Waals surface area contributed by atoms with E-state index in [4.69, 9.17) is 17.3 Å². The number of ketones is 1. The first-order valence-electron chi connectivity index (χ1n) is 6.21. The van der Waals surface area contributed by atoms with E-state index in [-0.39, 0.29) is 16.3 Å². The van der Waals surface area contributed by atoms with Gasteiger partial charge in [0.2, 0.25) is 5.78 Å². The monoisotopic (exact) mass is 300 g/mol. The van der Waals surface area contributed by atoms with Crippen LogP contribution < -0.4 is 5.73 Å². The van der Waals surface area contributed by atoms with E-state index in [1.54, 1.807) is 12.1 Å². The summed E-state index contributed by atoms with van der Waals surface area (Å²) in [5.74, 6) is -0.992. The summed E-state index contributed by atoms with van der Waals surface area (Å²) in [5.41, 5.74) is 7.19. The largest absolute Gasteiger partial charge is 0.398 e. The molecule has 3 rings (SSSR count). The van der Waals surface area contributed by atoms with Crippen LogP contribution in [-0.4, -0.2) is 10.8 Å². The Bertz CT molecular complexity index is 864. The third kappa shape index (κ3) is 2.45. The van der Waals surface area contributed by atoms with Gasteiger partial charge in [-0.15, -0.1) is 0 Å². The maximum atomic E-state index is 13.3. The van der Waals surface area contributed by atoms with Crippen LogP contribution in [0.25, 0.3) is 10.9 Å². The lowest BCUT2D eigenvalue weighted by Gasteiger charge is -2.07. The molecule has 0 aliphatic rings. The number of halogens is 2. The fourth-order valence-electron chi connectivity index (χ4n) is 2.13. The van der Waals surface area contributed by atoms with E-state index in [1.807, 2.05) is 12.1 Å². The minimum absolute atomic E-state index is 0.0684. The van der Waals surface area contributed by atoms with Gasteiger partial charge in [0, 0.05) is 16.6 Å². The van der Waals surface area contributed by atoms with Crippen molar-refractivity contribution in [3.8, 4) is 0 Å². The summed E-state index contributed by atoms with van der Waals surface area (Å²) < 4.78 is 13.3. The van der Waals surface area contributed by atoms with Gasteiger partial charge in [-0.2, -0.15) is 0 Å². The fraction of sp³-hybridized carbons (Fsp3) is 0. The van der Waals surface area contributed by atoms with Crippen LogP contribution in [0.15, 0.2) is 48.5 Å². The minimum Gasteiger partial charge on any atom is -0.398 e. The Morgan fingerprint density at radius 3 is 2.71 bits per heavy atom. The normalized spacial score (nSPS) is 10.8. The van der Waals surface area contributed by atoms with Crippen LogP contribution in [0, 0.1) is 5.82 Å². The second kappa shape index (κ2) is 5.14. The van der Waals surface area contributed by atoms with Crippen molar-refractivity contribution >= 4 is 34.0 Å². The fourth-order valence-corrected chi connectivity index (χ4v) is 2.33. The van der Waals surface area contributed by atoms with E-state index in [0.717, 1.165) is 11.5 Å². The number of nitrogens with two attached hydrogens (primary N) is 1. The molecular formula is C16H10ClFN2O. The van der Waals surface area contributed by atoms with E-state index in [1.165, 1.54) is 18.2 Å². The molecule has 0 spiro atoms. The summed E-state index contributed by atoms with van der Waals surface area (Å²) in [6, 6.07) is 12.3. The van der Waals surface area contributed by atoms with Gasteiger partial charge in [-0.3, -0.25) is 4.79 Å². The molecule has 0 aliphatic carbocycles. The van der Waals surface area contributed by atoms with Gasteiger partial charge in [0.1, 0.15) is 11.5 Å². The Morgan fingerprint density at radius 2 is 1.90 bits per heavy atom. The number of carbonyl (C=O) groups excluding carboxylic acids is 1. The topological polar surface area (TPSA) is 56.0 Å². The standard InChI is InChI=1S/C16H10ClFN2O/c17-12-6-5-9(18)7-11(12)16(21)15-8-13(19)10-3-1-2-4-14(10)20-15/h1-8H,(H2,19,20). The van der Waals surface area contributed by atoms with Crippen LogP contribution in [0.3, 0.4) is 0 Å². The first kappa shape index (κ1) is 13.5. The number of benzene rings is 2. The Labute approximate surface area is 125 Å². The molecule has 3 nitrogen and oxygen atoms in total. The van der Waals surface area contributed by atoms with Crippen molar-refractivity contribution in [1.82, 2.24) is 4.98 Å². The van der Waals surface area contributed by atoms with Gasteiger partial charge < -0.3 is 5.73 Å². The van der Waals surface area contributed by atoms with E-state index in [0.29, 0.717) is 11.2 Å². The molecule has 0 radical (unpaired) electrons. The average molecular weight is 301 g/mol. The summed E-state index contributed by atoms with van der Waals surface area (Å²) in [4.78, 5) is 16.7. The van der Waals surface area contributed by atoms with Crippen molar-refractivity contribution in [2.45, 2.75) is 0 Å². The highest BCUT2D eigenvalue weighted by Gasteiger charge is 2.16. The Kier molecular flexibility index (Phi) is 3.31. The third-order valence-electron chi connectivity index (χ3n) is 3.15. The molecular weight excluding hydrogens is 291 g/mol. The second-order valence-electron chi connectivity index (χ2n) is 4.57. The van der Waals surface area contributed by atoms with Crippen molar-refractivity contribution in [2.75, 3.05) is 5.73 Å².